The number of carboxylic acids is 1. The van der Waals surface area contributed by atoms with Crippen molar-refractivity contribution in [2.75, 3.05) is 18.0 Å². The Balaban J connectivity index is 2.48. The lowest BCUT2D eigenvalue weighted by Gasteiger charge is -2.40. The molecule has 2 heterocycles. The van der Waals surface area contributed by atoms with E-state index in [2.05, 4.69) is 10.3 Å². The summed E-state index contributed by atoms with van der Waals surface area (Å²) >= 11 is 1.01. The van der Waals surface area contributed by atoms with Crippen molar-refractivity contribution >= 4 is 34.1 Å². The number of nitrogens with one attached hydrogen (secondary N) is 1. The minimum atomic E-state index is -1.24. The third-order valence-electron chi connectivity index (χ3n) is 3.22. The smallest absolute Gasteiger partial charge is 0.356 e. The maximum atomic E-state index is 11.9. The van der Waals surface area contributed by atoms with Gasteiger partial charge in [0.25, 0.3) is 0 Å². The summed E-state index contributed by atoms with van der Waals surface area (Å²) in [6.45, 7) is 5.74. The molecule has 1 aromatic heterocycles. The normalized spacial score (nSPS) is 17.8. The Morgan fingerprint density at radius 1 is 1.45 bits per heavy atom. The number of hydrogen-bond donors (Lipinski definition) is 2. The molecule has 0 radical (unpaired) electrons. The number of piperazine rings is 1. The lowest BCUT2D eigenvalue weighted by Crippen LogP contribution is -2.62. The highest BCUT2D eigenvalue weighted by atomic mass is 32.1. The summed E-state index contributed by atoms with van der Waals surface area (Å²) in [6.07, 6.45) is 0. The maximum Gasteiger partial charge on any atom is 0.356 e. The molecule has 1 aliphatic rings. The summed E-state index contributed by atoms with van der Waals surface area (Å²) in [7, 11) is 0. The summed E-state index contributed by atoms with van der Waals surface area (Å²) in [4.78, 5) is 40.4. The summed E-state index contributed by atoms with van der Waals surface area (Å²) in [5, 5.41) is 12.2. The van der Waals surface area contributed by atoms with Gasteiger partial charge in [0, 0.05) is 20.0 Å². The first-order valence-corrected chi connectivity index (χ1v) is 6.87. The molecule has 0 saturated carbocycles. The molecule has 0 aromatic carbocycles. The number of Topliss-reactive ketones (excluding diaryl/α,β-unsaturated/α-hetero) is 1. The van der Waals surface area contributed by atoms with Crippen molar-refractivity contribution in [3.63, 3.8) is 0 Å². The number of ketones is 1. The van der Waals surface area contributed by atoms with E-state index < -0.39 is 11.5 Å². The molecule has 1 aromatic rings. The fourth-order valence-corrected chi connectivity index (χ4v) is 3.16. The fraction of sp³-hybridized carbons (Fsp3) is 0.500. The molecule has 2 rings (SSSR count). The first-order valence-electron chi connectivity index (χ1n) is 6.06. The Hall–Kier alpha value is -1.96. The quantitative estimate of drug-likeness (QED) is 0.799. The monoisotopic (exact) mass is 297 g/mol. The zero-order valence-corrected chi connectivity index (χ0v) is 12.2. The van der Waals surface area contributed by atoms with Crippen molar-refractivity contribution in [2.45, 2.75) is 26.3 Å². The van der Waals surface area contributed by atoms with Crippen LogP contribution in [0.5, 0.6) is 0 Å². The SMILES string of the molecule is CC(=O)c1sc(N2CCNC(=O)C2(C)C)nc1C(=O)O. The molecule has 1 fully saturated rings. The minimum absolute atomic E-state index is 0.106. The summed E-state index contributed by atoms with van der Waals surface area (Å²) in [5.41, 5.74) is -1.08. The van der Waals surface area contributed by atoms with Crippen molar-refractivity contribution in [1.29, 1.82) is 0 Å². The van der Waals surface area contributed by atoms with Crippen molar-refractivity contribution in [3.8, 4) is 0 Å². The van der Waals surface area contributed by atoms with Gasteiger partial charge in [0.05, 0.1) is 0 Å². The number of nitrogens with zero attached hydrogens (tertiary/aromatic N) is 2. The topological polar surface area (TPSA) is 99.6 Å². The molecule has 0 bridgehead atoms. The second-order valence-electron chi connectivity index (χ2n) is 5.00. The van der Waals surface area contributed by atoms with Crippen LogP contribution < -0.4 is 10.2 Å². The lowest BCUT2D eigenvalue weighted by atomic mass is 10.00. The van der Waals surface area contributed by atoms with E-state index in [0.29, 0.717) is 18.2 Å². The van der Waals surface area contributed by atoms with Crippen LogP contribution in [0.3, 0.4) is 0 Å². The van der Waals surface area contributed by atoms with Crippen LogP contribution in [0.15, 0.2) is 0 Å². The van der Waals surface area contributed by atoms with Crippen LogP contribution in [0.1, 0.15) is 40.9 Å². The molecule has 20 heavy (non-hydrogen) atoms. The Labute approximate surface area is 119 Å². The number of thiazole rings is 1. The molecule has 0 unspecified atom stereocenters. The molecule has 1 aliphatic heterocycles. The molecule has 108 valence electrons. The van der Waals surface area contributed by atoms with Crippen molar-refractivity contribution in [1.82, 2.24) is 10.3 Å². The minimum Gasteiger partial charge on any atom is -0.476 e. The maximum absolute atomic E-state index is 11.9. The van der Waals surface area contributed by atoms with Gasteiger partial charge in [-0.15, -0.1) is 0 Å². The second-order valence-corrected chi connectivity index (χ2v) is 5.98. The zero-order valence-electron chi connectivity index (χ0n) is 11.4. The zero-order chi connectivity index (χ0) is 15.1. The average Bonchev–Trinajstić information content (AvgIpc) is 2.77. The Morgan fingerprint density at radius 3 is 2.60 bits per heavy atom. The number of carbonyl (C=O) groups is 3. The molecule has 0 atom stereocenters. The van der Waals surface area contributed by atoms with Crippen LogP contribution in [0.4, 0.5) is 5.13 Å². The van der Waals surface area contributed by atoms with Gasteiger partial charge in [0.2, 0.25) is 5.91 Å². The highest BCUT2D eigenvalue weighted by Crippen LogP contribution is 2.32. The van der Waals surface area contributed by atoms with E-state index in [0.717, 1.165) is 11.3 Å². The van der Waals surface area contributed by atoms with Gasteiger partial charge in [0.1, 0.15) is 10.4 Å². The number of amides is 1. The van der Waals surface area contributed by atoms with Gasteiger partial charge in [-0.1, -0.05) is 11.3 Å². The highest BCUT2D eigenvalue weighted by Gasteiger charge is 2.40. The van der Waals surface area contributed by atoms with E-state index >= 15 is 0 Å². The number of anilines is 1. The van der Waals surface area contributed by atoms with E-state index in [1.807, 2.05) is 0 Å². The molecule has 8 heteroatoms. The Kier molecular flexibility index (Phi) is 3.51. The van der Waals surface area contributed by atoms with Crippen LogP contribution in [0, 0.1) is 0 Å². The molecular formula is C12H15N3O4S. The highest BCUT2D eigenvalue weighted by molar-refractivity contribution is 7.17. The third-order valence-corrected chi connectivity index (χ3v) is 4.40. The Morgan fingerprint density at radius 2 is 2.10 bits per heavy atom. The standard InChI is InChI=1S/C12H15N3O4S/c1-6(16)8-7(9(17)18)14-11(20-8)15-5-4-13-10(19)12(15,2)3/h4-5H2,1-3H3,(H,13,19)(H,17,18). The van der Waals surface area contributed by atoms with Crippen LogP contribution in [0.25, 0.3) is 0 Å². The summed E-state index contributed by atoms with van der Waals surface area (Å²) < 4.78 is 0. The van der Waals surface area contributed by atoms with E-state index in [9.17, 15) is 14.4 Å². The van der Waals surface area contributed by atoms with Gasteiger partial charge in [-0.2, -0.15) is 0 Å². The second kappa shape index (κ2) is 4.86. The largest absolute Gasteiger partial charge is 0.476 e. The molecule has 1 saturated heterocycles. The first-order chi connectivity index (χ1) is 9.25. The van der Waals surface area contributed by atoms with Gasteiger partial charge in [0.15, 0.2) is 16.6 Å². The number of aromatic carboxylic acids is 1. The van der Waals surface area contributed by atoms with Gasteiger partial charge < -0.3 is 15.3 Å². The lowest BCUT2D eigenvalue weighted by molar-refractivity contribution is -0.126. The number of hydrogen-bond acceptors (Lipinski definition) is 6. The molecular weight excluding hydrogens is 282 g/mol. The van der Waals surface area contributed by atoms with Crippen LogP contribution in [-0.4, -0.2) is 46.4 Å². The van der Waals surface area contributed by atoms with E-state index in [1.54, 1.807) is 18.7 Å². The predicted octanol–water partition coefficient (Wildman–Crippen LogP) is 0.759. The van der Waals surface area contributed by atoms with Gasteiger partial charge in [-0.3, -0.25) is 9.59 Å². The summed E-state index contributed by atoms with van der Waals surface area (Å²) in [6, 6.07) is 0. The first kappa shape index (κ1) is 14.4. The average molecular weight is 297 g/mol. The van der Waals surface area contributed by atoms with Crippen molar-refractivity contribution in [2.24, 2.45) is 0 Å². The number of carbonyl (C=O) groups excluding carboxylic acids is 2. The van der Waals surface area contributed by atoms with Crippen LogP contribution in [-0.2, 0) is 4.79 Å². The molecule has 2 N–H and O–H groups in total. The molecule has 7 nitrogen and oxygen atoms in total. The van der Waals surface area contributed by atoms with Gasteiger partial charge in [-0.05, 0) is 13.8 Å². The fourth-order valence-electron chi connectivity index (χ4n) is 2.04. The van der Waals surface area contributed by atoms with E-state index in [4.69, 9.17) is 5.11 Å². The predicted molar refractivity (Wildman–Crippen MR) is 73.5 cm³/mol. The molecule has 0 aliphatic carbocycles. The Bertz CT molecular complexity index is 562. The number of aromatic nitrogens is 1. The van der Waals surface area contributed by atoms with E-state index in [-0.39, 0.29) is 22.3 Å². The molecule has 1 amide bonds. The summed E-state index contributed by atoms with van der Waals surface area (Å²) in [5.74, 6) is -1.73. The molecule has 0 spiro atoms. The van der Waals surface area contributed by atoms with Gasteiger partial charge >= 0.3 is 5.97 Å². The third kappa shape index (κ3) is 2.26. The van der Waals surface area contributed by atoms with Crippen LogP contribution in [0.2, 0.25) is 0 Å². The number of carboxylic acid groups (broad SMARTS) is 1. The van der Waals surface area contributed by atoms with Gasteiger partial charge in [-0.25, -0.2) is 9.78 Å². The van der Waals surface area contributed by atoms with Crippen LogP contribution >= 0.6 is 11.3 Å². The van der Waals surface area contributed by atoms with E-state index in [1.165, 1.54) is 6.92 Å². The number of rotatable bonds is 3. The van der Waals surface area contributed by atoms with Crippen molar-refractivity contribution < 1.29 is 19.5 Å². The van der Waals surface area contributed by atoms with Crippen molar-refractivity contribution in [3.05, 3.63) is 10.6 Å².